The Kier molecular flexibility index (Phi) is 3.98. The predicted octanol–water partition coefficient (Wildman–Crippen LogP) is 2.98. The third-order valence-corrected chi connectivity index (χ3v) is 4.09. The van der Waals surface area contributed by atoms with Gasteiger partial charge in [-0.05, 0) is 37.0 Å². The molecule has 3 N–H and O–H groups in total. The summed E-state index contributed by atoms with van der Waals surface area (Å²) < 4.78 is 0. The topological polar surface area (TPSA) is 66.6 Å². The molecule has 1 aliphatic rings. The molecule has 0 radical (unpaired) electrons. The van der Waals surface area contributed by atoms with Crippen LogP contribution in [-0.4, -0.2) is 24.2 Å². The highest BCUT2D eigenvalue weighted by Crippen LogP contribution is 2.32. The van der Waals surface area contributed by atoms with Crippen LogP contribution in [0, 0.1) is 5.92 Å². The van der Waals surface area contributed by atoms with Crippen molar-refractivity contribution in [2.24, 2.45) is 5.92 Å². The number of carbonyl (C=O) groups is 1. The number of hydrogen-bond donors (Lipinski definition) is 2. The third-order valence-electron chi connectivity index (χ3n) is 4.09. The number of benzene rings is 1. The van der Waals surface area contributed by atoms with E-state index in [4.69, 9.17) is 5.73 Å². The van der Waals surface area contributed by atoms with Gasteiger partial charge in [0.2, 0.25) is 0 Å². The minimum absolute atomic E-state index is 0.329. The van der Waals surface area contributed by atoms with Gasteiger partial charge in [-0.3, -0.25) is 0 Å². The lowest BCUT2D eigenvalue weighted by Gasteiger charge is -2.36. The lowest BCUT2D eigenvalue weighted by atomic mass is 9.86. The minimum Gasteiger partial charge on any atom is -0.478 e. The van der Waals surface area contributed by atoms with Crippen molar-refractivity contribution in [3.8, 4) is 0 Å². The second kappa shape index (κ2) is 5.51. The Morgan fingerprint density at radius 1 is 1.42 bits per heavy atom. The van der Waals surface area contributed by atoms with E-state index < -0.39 is 5.97 Å². The molecule has 4 heteroatoms. The largest absolute Gasteiger partial charge is 0.478 e. The van der Waals surface area contributed by atoms with Crippen molar-refractivity contribution >= 4 is 17.3 Å². The van der Waals surface area contributed by atoms with Gasteiger partial charge in [0.05, 0.1) is 11.3 Å². The molecule has 1 aromatic rings. The molecule has 0 bridgehead atoms. The minimum atomic E-state index is -0.897. The smallest absolute Gasteiger partial charge is 0.337 e. The Morgan fingerprint density at radius 3 is 2.79 bits per heavy atom. The number of carboxylic acid groups (broad SMARTS) is 1. The average molecular weight is 262 g/mol. The number of hydrogen-bond acceptors (Lipinski definition) is 3. The maximum atomic E-state index is 11.3. The zero-order valence-corrected chi connectivity index (χ0v) is 11.6. The molecule has 4 nitrogen and oxygen atoms in total. The standard InChI is InChI=1S/C15H22N2O2/c1-10-4-3-5-12(8-10)17(2)14-9-11(16)6-7-13(14)15(18)19/h6-7,9-10,12H,3-5,8,16H2,1-2H3,(H,18,19). The molecular weight excluding hydrogens is 240 g/mol. The van der Waals surface area contributed by atoms with Gasteiger partial charge >= 0.3 is 5.97 Å². The molecule has 2 atom stereocenters. The molecule has 2 unspecified atom stereocenters. The van der Waals surface area contributed by atoms with Crippen LogP contribution < -0.4 is 10.6 Å². The molecule has 0 heterocycles. The monoisotopic (exact) mass is 262 g/mol. The molecule has 2 rings (SSSR count). The first-order valence-corrected chi connectivity index (χ1v) is 6.84. The van der Waals surface area contributed by atoms with Gasteiger partial charge in [0.15, 0.2) is 0 Å². The molecule has 0 aromatic heterocycles. The Bertz CT molecular complexity index is 473. The zero-order valence-electron chi connectivity index (χ0n) is 11.6. The van der Waals surface area contributed by atoms with Crippen LogP contribution in [0.25, 0.3) is 0 Å². The van der Waals surface area contributed by atoms with Gasteiger partial charge < -0.3 is 15.7 Å². The van der Waals surface area contributed by atoms with E-state index in [1.54, 1.807) is 18.2 Å². The molecule has 0 spiro atoms. The highest BCUT2D eigenvalue weighted by Gasteiger charge is 2.25. The first kappa shape index (κ1) is 13.7. The van der Waals surface area contributed by atoms with Crippen LogP contribution in [0.5, 0.6) is 0 Å². The highest BCUT2D eigenvalue weighted by molar-refractivity contribution is 5.95. The summed E-state index contributed by atoms with van der Waals surface area (Å²) in [5, 5.41) is 9.29. The van der Waals surface area contributed by atoms with E-state index in [9.17, 15) is 9.90 Å². The molecule has 0 amide bonds. The second-order valence-electron chi connectivity index (χ2n) is 5.62. The maximum Gasteiger partial charge on any atom is 0.337 e. The first-order chi connectivity index (χ1) is 8.99. The first-order valence-electron chi connectivity index (χ1n) is 6.84. The van der Waals surface area contributed by atoms with Crippen molar-refractivity contribution in [3.63, 3.8) is 0 Å². The van der Waals surface area contributed by atoms with Crippen LogP contribution in [-0.2, 0) is 0 Å². The molecule has 19 heavy (non-hydrogen) atoms. The summed E-state index contributed by atoms with van der Waals surface area (Å²) in [6.07, 6.45) is 4.72. The quantitative estimate of drug-likeness (QED) is 0.822. The molecule has 104 valence electrons. The van der Waals surface area contributed by atoms with Gasteiger partial charge in [-0.25, -0.2) is 4.79 Å². The number of carboxylic acids is 1. The Hall–Kier alpha value is -1.71. The van der Waals surface area contributed by atoms with Gasteiger partial charge in [-0.2, -0.15) is 0 Å². The normalized spacial score (nSPS) is 23.1. The number of aromatic carboxylic acids is 1. The summed E-state index contributed by atoms with van der Waals surface area (Å²) in [5.74, 6) is -0.193. The van der Waals surface area contributed by atoms with Gasteiger partial charge in [-0.1, -0.05) is 19.8 Å². The van der Waals surface area contributed by atoms with Crippen molar-refractivity contribution in [1.29, 1.82) is 0 Å². The molecule has 1 aromatic carbocycles. The predicted molar refractivity (Wildman–Crippen MR) is 77.6 cm³/mol. The summed E-state index contributed by atoms with van der Waals surface area (Å²) in [7, 11) is 1.98. The fraction of sp³-hybridized carbons (Fsp3) is 0.533. The molecular formula is C15H22N2O2. The SMILES string of the molecule is CC1CCCC(N(C)c2cc(N)ccc2C(=O)O)C1. The summed E-state index contributed by atoms with van der Waals surface area (Å²) >= 11 is 0. The summed E-state index contributed by atoms with van der Waals surface area (Å²) in [6, 6.07) is 5.41. The van der Waals surface area contributed by atoms with Crippen LogP contribution >= 0.6 is 0 Å². The van der Waals surface area contributed by atoms with E-state index in [0.29, 0.717) is 23.2 Å². The number of nitrogens with zero attached hydrogens (tertiary/aromatic N) is 1. The van der Waals surface area contributed by atoms with E-state index in [2.05, 4.69) is 11.8 Å². The summed E-state index contributed by atoms with van der Waals surface area (Å²) in [5.41, 5.74) is 7.47. The Balaban J connectivity index is 2.29. The number of nitrogen functional groups attached to an aromatic ring is 1. The Labute approximate surface area is 114 Å². The van der Waals surface area contributed by atoms with Crippen LogP contribution in [0.4, 0.5) is 11.4 Å². The number of nitrogens with two attached hydrogens (primary N) is 1. The summed E-state index contributed by atoms with van der Waals surface area (Å²) in [4.78, 5) is 13.4. The third kappa shape index (κ3) is 3.00. The van der Waals surface area contributed by atoms with Crippen molar-refractivity contribution in [1.82, 2.24) is 0 Å². The molecule has 1 fully saturated rings. The van der Waals surface area contributed by atoms with Crippen molar-refractivity contribution in [2.75, 3.05) is 17.7 Å². The van der Waals surface area contributed by atoms with E-state index in [1.807, 2.05) is 7.05 Å². The van der Waals surface area contributed by atoms with Crippen molar-refractivity contribution in [3.05, 3.63) is 23.8 Å². The van der Waals surface area contributed by atoms with Crippen molar-refractivity contribution < 1.29 is 9.90 Å². The zero-order chi connectivity index (χ0) is 14.0. The molecule has 1 aliphatic carbocycles. The van der Waals surface area contributed by atoms with Crippen LogP contribution in [0.3, 0.4) is 0 Å². The van der Waals surface area contributed by atoms with E-state index in [0.717, 1.165) is 18.5 Å². The van der Waals surface area contributed by atoms with Crippen LogP contribution in [0.1, 0.15) is 43.0 Å². The van der Waals surface area contributed by atoms with E-state index >= 15 is 0 Å². The highest BCUT2D eigenvalue weighted by atomic mass is 16.4. The van der Waals surface area contributed by atoms with Gasteiger partial charge in [-0.15, -0.1) is 0 Å². The average Bonchev–Trinajstić information content (AvgIpc) is 2.37. The number of rotatable bonds is 3. The van der Waals surface area contributed by atoms with E-state index in [-0.39, 0.29) is 0 Å². The van der Waals surface area contributed by atoms with E-state index in [1.165, 1.54) is 12.8 Å². The van der Waals surface area contributed by atoms with Crippen molar-refractivity contribution in [2.45, 2.75) is 38.6 Å². The fourth-order valence-electron chi connectivity index (χ4n) is 2.97. The van der Waals surface area contributed by atoms with Crippen LogP contribution in [0.2, 0.25) is 0 Å². The summed E-state index contributed by atoms with van der Waals surface area (Å²) in [6.45, 7) is 2.26. The van der Waals surface area contributed by atoms with Gasteiger partial charge in [0, 0.05) is 18.8 Å². The lowest BCUT2D eigenvalue weighted by Crippen LogP contribution is -2.36. The lowest BCUT2D eigenvalue weighted by molar-refractivity contribution is 0.0697. The maximum absolute atomic E-state index is 11.3. The molecule has 1 saturated carbocycles. The number of anilines is 2. The Morgan fingerprint density at radius 2 is 2.16 bits per heavy atom. The molecule has 0 aliphatic heterocycles. The second-order valence-corrected chi connectivity index (χ2v) is 5.62. The van der Waals surface area contributed by atoms with Crippen LogP contribution in [0.15, 0.2) is 18.2 Å². The van der Waals surface area contributed by atoms with Gasteiger partial charge in [0.25, 0.3) is 0 Å². The fourth-order valence-corrected chi connectivity index (χ4v) is 2.97. The molecule has 0 saturated heterocycles. The van der Waals surface area contributed by atoms with Gasteiger partial charge in [0.1, 0.15) is 0 Å².